The number of hydrogen-bond donors (Lipinski definition) is 2. The van der Waals surface area contributed by atoms with Crippen LogP contribution in [-0.2, 0) is 4.79 Å². The maximum Gasteiger partial charge on any atom is 0.269 e. The first-order valence-corrected chi connectivity index (χ1v) is 5.78. The first-order valence-electron chi connectivity index (χ1n) is 5.78. The van der Waals surface area contributed by atoms with Gasteiger partial charge in [0.1, 0.15) is 0 Å². The highest BCUT2D eigenvalue weighted by atomic mass is 16.6. The van der Waals surface area contributed by atoms with Gasteiger partial charge in [-0.15, -0.1) is 0 Å². The minimum absolute atomic E-state index is 0.0204. The highest BCUT2D eigenvalue weighted by molar-refractivity contribution is 5.80. The number of carbonyl (C=O) groups excluding carboxylic acids is 1. The summed E-state index contributed by atoms with van der Waals surface area (Å²) in [6.45, 7) is 0.132. The van der Waals surface area contributed by atoms with Gasteiger partial charge in [-0.25, -0.2) is 0 Å². The van der Waals surface area contributed by atoms with Crippen molar-refractivity contribution in [2.75, 3.05) is 6.54 Å². The molecule has 2 N–H and O–H groups in total. The molecule has 18 heavy (non-hydrogen) atoms. The Morgan fingerprint density at radius 2 is 2.06 bits per heavy atom. The van der Waals surface area contributed by atoms with E-state index in [0.29, 0.717) is 5.56 Å². The fraction of sp³-hybridized carbons (Fsp3) is 0.417. The van der Waals surface area contributed by atoms with Crippen molar-refractivity contribution in [2.24, 2.45) is 5.92 Å². The molecule has 1 unspecified atom stereocenters. The van der Waals surface area contributed by atoms with Crippen LogP contribution in [0.4, 0.5) is 5.69 Å². The van der Waals surface area contributed by atoms with Crippen LogP contribution in [0.1, 0.15) is 24.5 Å². The summed E-state index contributed by atoms with van der Waals surface area (Å²) in [4.78, 5) is 21.3. The lowest BCUT2D eigenvalue weighted by molar-refractivity contribution is -0.384. The van der Waals surface area contributed by atoms with Crippen molar-refractivity contribution < 1.29 is 14.8 Å². The molecular formula is C12H14N2O4. The Morgan fingerprint density at radius 1 is 1.44 bits per heavy atom. The monoisotopic (exact) mass is 250 g/mol. The predicted molar refractivity (Wildman–Crippen MR) is 63.8 cm³/mol. The maximum absolute atomic E-state index is 11.4. The van der Waals surface area contributed by atoms with Gasteiger partial charge in [0.05, 0.1) is 11.0 Å². The number of aliphatic hydroxyl groups is 1. The lowest BCUT2D eigenvalue weighted by Crippen LogP contribution is -2.29. The van der Waals surface area contributed by atoms with Gasteiger partial charge in [-0.2, -0.15) is 0 Å². The number of hydrogen-bond acceptors (Lipinski definition) is 4. The van der Waals surface area contributed by atoms with Crippen LogP contribution in [0.5, 0.6) is 0 Å². The maximum atomic E-state index is 11.4. The van der Waals surface area contributed by atoms with Crippen LogP contribution < -0.4 is 5.32 Å². The largest absolute Gasteiger partial charge is 0.387 e. The minimum atomic E-state index is -0.839. The summed E-state index contributed by atoms with van der Waals surface area (Å²) in [5.74, 6) is 0.0741. The molecule has 1 saturated carbocycles. The number of aliphatic hydroxyl groups excluding tert-OH is 1. The first-order chi connectivity index (χ1) is 8.58. The van der Waals surface area contributed by atoms with Crippen LogP contribution in [-0.4, -0.2) is 22.5 Å². The summed E-state index contributed by atoms with van der Waals surface area (Å²) in [5.41, 5.74) is 0.532. The van der Waals surface area contributed by atoms with E-state index >= 15 is 0 Å². The van der Waals surface area contributed by atoms with E-state index in [0.717, 1.165) is 12.8 Å². The van der Waals surface area contributed by atoms with Gasteiger partial charge in [0, 0.05) is 24.6 Å². The van der Waals surface area contributed by atoms with E-state index in [1.807, 2.05) is 0 Å². The van der Waals surface area contributed by atoms with Crippen molar-refractivity contribution in [1.82, 2.24) is 5.32 Å². The number of nitrogens with one attached hydrogen (secondary N) is 1. The molecule has 1 aromatic carbocycles. The molecule has 0 aliphatic heterocycles. The molecule has 0 aromatic heterocycles. The van der Waals surface area contributed by atoms with Crippen molar-refractivity contribution in [3.63, 3.8) is 0 Å². The van der Waals surface area contributed by atoms with E-state index in [2.05, 4.69) is 5.32 Å². The van der Waals surface area contributed by atoms with Crippen molar-refractivity contribution in [1.29, 1.82) is 0 Å². The molecule has 6 nitrogen and oxygen atoms in total. The normalized spacial score (nSPS) is 16.1. The van der Waals surface area contributed by atoms with Crippen LogP contribution in [0, 0.1) is 16.0 Å². The second-order valence-electron chi connectivity index (χ2n) is 4.38. The van der Waals surface area contributed by atoms with E-state index < -0.39 is 11.0 Å². The van der Waals surface area contributed by atoms with Gasteiger partial charge >= 0.3 is 0 Å². The van der Waals surface area contributed by atoms with E-state index in [-0.39, 0.29) is 24.1 Å². The molecule has 1 atom stereocenters. The Balaban J connectivity index is 1.89. The van der Waals surface area contributed by atoms with Crippen molar-refractivity contribution >= 4 is 11.6 Å². The van der Waals surface area contributed by atoms with Gasteiger partial charge in [0.2, 0.25) is 5.91 Å². The first kappa shape index (κ1) is 12.5. The van der Waals surface area contributed by atoms with E-state index in [9.17, 15) is 20.0 Å². The Morgan fingerprint density at radius 3 is 2.56 bits per heavy atom. The average molecular weight is 250 g/mol. The highest BCUT2D eigenvalue weighted by Gasteiger charge is 2.29. The summed E-state index contributed by atoms with van der Waals surface area (Å²) in [6.07, 6.45) is 0.993. The minimum Gasteiger partial charge on any atom is -0.387 e. The molecule has 2 rings (SSSR count). The standard InChI is InChI=1S/C12H14N2O4/c15-11(7-13-12(16)9-1-2-9)8-3-5-10(6-4-8)14(17)18/h3-6,9,11,15H,1-2,7H2,(H,13,16). The topological polar surface area (TPSA) is 92.5 Å². The second-order valence-corrected chi connectivity index (χ2v) is 4.38. The van der Waals surface area contributed by atoms with Crippen LogP contribution in [0.3, 0.4) is 0 Å². The zero-order valence-corrected chi connectivity index (χ0v) is 9.70. The molecule has 0 saturated heterocycles. The van der Waals surface area contributed by atoms with Gasteiger partial charge in [-0.05, 0) is 30.5 Å². The molecular weight excluding hydrogens is 236 g/mol. The summed E-state index contributed by atoms with van der Waals surface area (Å²) in [6, 6.07) is 5.65. The molecule has 6 heteroatoms. The number of rotatable bonds is 5. The predicted octanol–water partition coefficient (Wildman–Crippen LogP) is 1.15. The number of carbonyl (C=O) groups is 1. The summed E-state index contributed by atoms with van der Waals surface area (Å²) >= 11 is 0. The Labute approximate surface area is 104 Å². The van der Waals surface area contributed by atoms with Crippen molar-refractivity contribution in [3.8, 4) is 0 Å². The number of nitrogens with zero attached hydrogens (tertiary/aromatic N) is 1. The van der Waals surface area contributed by atoms with Crippen LogP contribution >= 0.6 is 0 Å². The van der Waals surface area contributed by atoms with Gasteiger partial charge < -0.3 is 10.4 Å². The Bertz CT molecular complexity index is 454. The number of amides is 1. The van der Waals surface area contributed by atoms with E-state index in [1.54, 1.807) is 0 Å². The fourth-order valence-electron chi connectivity index (χ4n) is 1.62. The average Bonchev–Trinajstić information content (AvgIpc) is 3.20. The lowest BCUT2D eigenvalue weighted by atomic mass is 10.1. The summed E-state index contributed by atoms with van der Waals surface area (Å²) < 4.78 is 0. The van der Waals surface area contributed by atoms with Crippen molar-refractivity contribution in [2.45, 2.75) is 18.9 Å². The Hall–Kier alpha value is -1.95. The number of nitro benzene ring substituents is 1. The molecule has 0 bridgehead atoms. The van der Waals surface area contributed by atoms with Crippen molar-refractivity contribution in [3.05, 3.63) is 39.9 Å². The second kappa shape index (κ2) is 5.14. The Kier molecular flexibility index (Phi) is 3.57. The quantitative estimate of drug-likeness (QED) is 0.605. The third kappa shape index (κ3) is 3.04. The molecule has 0 radical (unpaired) electrons. The summed E-state index contributed by atoms with van der Waals surface area (Å²) in [7, 11) is 0. The lowest BCUT2D eigenvalue weighted by Gasteiger charge is -2.11. The molecule has 1 fully saturated rings. The highest BCUT2D eigenvalue weighted by Crippen LogP contribution is 2.28. The van der Waals surface area contributed by atoms with Gasteiger partial charge in [-0.1, -0.05) is 0 Å². The van der Waals surface area contributed by atoms with Crippen LogP contribution in [0.15, 0.2) is 24.3 Å². The van der Waals surface area contributed by atoms with E-state index in [4.69, 9.17) is 0 Å². The molecule has 0 heterocycles. The number of benzene rings is 1. The molecule has 1 aromatic rings. The fourth-order valence-corrected chi connectivity index (χ4v) is 1.62. The SMILES string of the molecule is O=C(NCC(O)c1ccc([N+](=O)[O-])cc1)C1CC1. The molecule has 0 spiro atoms. The van der Waals surface area contributed by atoms with Crippen LogP contribution in [0.25, 0.3) is 0 Å². The molecule has 1 aliphatic carbocycles. The van der Waals surface area contributed by atoms with E-state index in [1.165, 1.54) is 24.3 Å². The third-order valence-corrected chi connectivity index (χ3v) is 2.91. The van der Waals surface area contributed by atoms with Gasteiger partial charge in [0.25, 0.3) is 5.69 Å². The third-order valence-electron chi connectivity index (χ3n) is 2.91. The molecule has 1 amide bonds. The number of nitro groups is 1. The van der Waals surface area contributed by atoms with Crippen LogP contribution in [0.2, 0.25) is 0 Å². The van der Waals surface area contributed by atoms with Gasteiger partial charge in [-0.3, -0.25) is 14.9 Å². The molecule has 96 valence electrons. The zero-order chi connectivity index (χ0) is 13.1. The van der Waals surface area contributed by atoms with Gasteiger partial charge in [0.15, 0.2) is 0 Å². The smallest absolute Gasteiger partial charge is 0.269 e. The summed E-state index contributed by atoms with van der Waals surface area (Å²) in [5, 5.41) is 22.9. The molecule has 1 aliphatic rings. The number of non-ortho nitro benzene ring substituents is 1. The zero-order valence-electron chi connectivity index (χ0n) is 9.70.